The number of carbonyl (C=O) groups excluding carboxylic acids is 1. The summed E-state index contributed by atoms with van der Waals surface area (Å²) >= 11 is 0. The molecule has 0 saturated heterocycles. The van der Waals surface area contributed by atoms with Crippen molar-refractivity contribution < 1.29 is 35.4 Å². The van der Waals surface area contributed by atoms with E-state index < -0.39 is 45.9 Å². The van der Waals surface area contributed by atoms with E-state index in [-0.39, 0.29) is 36.4 Å². The van der Waals surface area contributed by atoms with Crippen molar-refractivity contribution in [2.24, 2.45) is 28.6 Å². The first-order chi connectivity index (χ1) is 15.5. The SMILES string of the molecule is CC(C)(O)CC[C@@H](O)[C@](C)(O)[C@H]1CCC2(O)C3=CC(=O)[C@@H]4C[C@@H](O)[C@@H](O)C[C@]4(C)[C@H]3CC[C@]12C. The Morgan fingerprint density at radius 3 is 2.32 bits per heavy atom. The third kappa shape index (κ3) is 3.73. The molecule has 7 nitrogen and oxygen atoms in total. The molecule has 0 bridgehead atoms. The predicted octanol–water partition coefficient (Wildman–Crippen LogP) is 1.85. The fraction of sp³-hybridized carbons (Fsp3) is 0.889. The van der Waals surface area contributed by atoms with Crippen LogP contribution in [0.2, 0.25) is 0 Å². The zero-order valence-corrected chi connectivity index (χ0v) is 21.3. The Labute approximate surface area is 202 Å². The molecule has 3 fully saturated rings. The Bertz CT molecular complexity index is 860. The normalized spacial score (nSPS) is 47.2. The molecule has 0 spiro atoms. The van der Waals surface area contributed by atoms with Gasteiger partial charge in [0.25, 0.3) is 0 Å². The lowest BCUT2D eigenvalue weighted by atomic mass is 9.45. The number of carbonyl (C=O) groups is 1. The molecule has 0 amide bonds. The molecule has 7 heteroatoms. The Morgan fingerprint density at radius 2 is 1.71 bits per heavy atom. The second-order valence-corrected chi connectivity index (χ2v) is 13.2. The summed E-state index contributed by atoms with van der Waals surface area (Å²) in [6.07, 6.45) is 2.11. The molecule has 0 aromatic rings. The third-order valence-electron chi connectivity index (χ3n) is 10.5. The first kappa shape index (κ1) is 26.2. The minimum atomic E-state index is -1.46. The van der Waals surface area contributed by atoms with Gasteiger partial charge in [-0.1, -0.05) is 13.8 Å². The lowest BCUT2D eigenvalue weighted by Gasteiger charge is -2.60. The van der Waals surface area contributed by atoms with E-state index in [2.05, 4.69) is 0 Å². The van der Waals surface area contributed by atoms with Gasteiger partial charge >= 0.3 is 0 Å². The van der Waals surface area contributed by atoms with Crippen LogP contribution in [0.15, 0.2) is 11.6 Å². The van der Waals surface area contributed by atoms with Gasteiger partial charge in [-0.3, -0.25) is 4.79 Å². The van der Waals surface area contributed by atoms with Gasteiger partial charge in [0.05, 0.1) is 35.1 Å². The van der Waals surface area contributed by atoms with Crippen LogP contribution in [0.5, 0.6) is 0 Å². The van der Waals surface area contributed by atoms with Gasteiger partial charge in [0.15, 0.2) is 5.78 Å². The number of hydrogen-bond donors (Lipinski definition) is 6. The number of hydrogen-bond acceptors (Lipinski definition) is 7. The second kappa shape index (κ2) is 8.09. The average molecular weight is 481 g/mol. The van der Waals surface area contributed by atoms with Crippen LogP contribution < -0.4 is 0 Å². The number of rotatable bonds is 5. The standard InChI is InChI=1S/C27H44O7/c1-23(2,32)9-8-22(31)26(5,33)21-7-11-27(34)16-12-18(28)17-13-19(29)20(30)14-24(17,3)15(16)6-10-25(21,27)4/h12,15,17,19-22,29-34H,6-11,13-14H2,1-5H3/t15-,17-,19+,20-,21-,22+,24+,25+,26+,27?/m0/s1. The summed E-state index contributed by atoms with van der Waals surface area (Å²) in [7, 11) is 0. The fourth-order valence-electron chi connectivity index (χ4n) is 8.32. The first-order valence-electron chi connectivity index (χ1n) is 12.9. The molecule has 34 heavy (non-hydrogen) atoms. The average Bonchev–Trinajstić information content (AvgIpc) is 3.00. The third-order valence-corrected chi connectivity index (χ3v) is 10.5. The van der Waals surface area contributed by atoms with E-state index in [1.807, 2.05) is 13.8 Å². The maximum absolute atomic E-state index is 13.2. The van der Waals surface area contributed by atoms with Crippen LogP contribution in [0.1, 0.15) is 86.0 Å². The number of allylic oxidation sites excluding steroid dienone is 1. The molecular weight excluding hydrogens is 436 g/mol. The van der Waals surface area contributed by atoms with Crippen molar-refractivity contribution in [1.82, 2.24) is 0 Å². The highest BCUT2D eigenvalue weighted by molar-refractivity contribution is 5.95. The van der Waals surface area contributed by atoms with Crippen LogP contribution in [0, 0.1) is 28.6 Å². The van der Waals surface area contributed by atoms with E-state index in [9.17, 15) is 35.4 Å². The Kier molecular flexibility index (Phi) is 6.24. The largest absolute Gasteiger partial charge is 0.390 e. The predicted molar refractivity (Wildman–Crippen MR) is 127 cm³/mol. The second-order valence-electron chi connectivity index (χ2n) is 13.2. The van der Waals surface area contributed by atoms with Crippen molar-refractivity contribution >= 4 is 5.78 Å². The van der Waals surface area contributed by atoms with E-state index in [0.29, 0.717) is 44.1 Å². The summed E-state index contributed by atoms with van der Waals surface area (Å²) in [4.78, 5) is 13.2. The molecule has 0 aromatic heterocycles. The molecular formula is C27H44O7. The van der Waals surface area contributed by atoms with E-state index in [0.717, 1.165) is 0 Å². The molecule has 3 saturated carbocycles. The van der Waals surface area contributed by atoms with Gasteiger partial charge in [0, 0.05) is 11.3 Å². The van der Waals surface area contributed by atoms with Crippen LogP contribution in [0.4, 0.5) is 0 Å². The molecule has 194 valence electrons. The minimum Gasteiger partial charge on any atom is -0.390 e. The summed E-state index contributed by atoms with van der Waals surface area (Å²) in [6, 6.07) is 0. The summed E-state index contributed by atoms with van der Waals surface area (Å²) in [5.74, 6) is -0.948. The minimum absolute atomic E-state index is 0.0840. The van der Waals surface area contributed by atoms with Crippen LogP contribution in [-0.2, 0) is 4.79 Å². The van der Waals surface area contributed by atoms with Gasteiger partial charge in [-0.05, 0) is 101 Å². The van der Waals surface area contributed by atoms with Crippen LogP contribution >= 0.6 is 0 Å². The number of ketones is 1. The monoisotopic (exact) mass is 480 g/mol. The topological polar surface area (TPSA) is 138 Å². The lowest BCUT2D eigenvalue weighted by molar-refractivity contribution is -0.177. The molecule has 1 unspecified atom stereocenters. The molecule has 0 radical (unpaired) electrons. The maximum atomic E-state index is 13.2. The molecule has 0 aromatic carbocycles. The summed E-state index contributed by atoms with van der Waals surface area (Å²) < 4.78 is 0. The quantitative estimate of drug-likeness (QED) is 0.353. The smallest absolute Gasteiger partial charge is 0.159 e. The van der Waals surface area contributed by atoms with E-state index >= 15 is 0 Å². The highest BCUT2D eigenvalue weighted by Gasteiger charge is 2.69. The van der Waals surface area contributed by atoms with Crippen molar-refractivity contribution in [2.45, 2.75) is 121 Å². The number of aliphatic hydroxyl groups is 6. The van der Waals surface area contributed by atoms with Crippen molar-refractivity contribution in [3.05, 3.63) is 11.6 Å². The molecule has 10 atom stereocenters. The van der Waals surface area contributed by atoms with Crippen LogP contribution in [-0.4, -0.2) is 71.5 Å². The highest BCUT2D eigenvalue weighted by Crippen LogP contribution is 2.68. The van der Waals surface area contributed by atoms with E-state index in [4.69, 9.17) is 0 Å². The number of aliphatic hydroxyl groups excluding tert-OH is 3. The van der Waals surface area contributed by atoms with Gasteiger partial charge in [-0.25, -0.2) is 0 Å². The fourth-order valence-corrected chi connectivity index (χ4v) is 8.32. The van der Waals surface area contributed by atoms with Crippen molar-refractivity contribution in [3.8, 4) is 0 Å². The zero-order chi connectivity index (χ0) is 25.5. The first-order valence-corrected chi connectivity index (χ1v) is 12.9. The van der Waals surface area contributed by atoms with Gasteiger partial charge < -0.3 is 30.6 Å². The van der Waals surface area contributed by atoms with Crippen molar-refractivity contribution in [2.75, 3.05) is 0 Å². The molecule has 0 heterocycles. The van der Waals surface area contributed by atoms with Gasteiger partial charge in [-0.15, -0.1) is 0 Å². The van der Waals surface area contributed by atoms with Crippen LogP contribution in [0.25, 0.3) is 0 Å². The molecule has 6 N–H and O–H groups in total. The van der Waals surface area contributed by atoms with Crippen LogP contribution in [0.3, 0.4) is 0 Å². The van der Waals surface area contributed by atoms with Gasteiger partial charge in [0.1, 0.15) is 0 Å². The lowest BCUT2D eigenvalue weighted by Crippen LogP contribution is -2.62. The van der Waals surface area contributed by atoms with E-state index in [1.165, 1.54) is 0 Å². The van der Waals surface area contributed by atoms with E-state index in [1.54, 1.807) is 26.8 Å². The Hall–Kier alpha value is -0.830. The van der Waals surface area contributed by atoms with Crippen molar-refractivity contribution in [1.29, 1.82) is 0 Å². The number of fused-ring (bicyclic) bond motifs is 5. The Morgan fingerprint density at radius 1 is 1.06 bits per heavy atom. The maximum Gasteiger partial charge on any atom is 0.159 e. The highest BCUT2D eigenvalue weighted by atomic mass is 16.3. The Balaban J connectivity index is 1.66. The molecule has 4 aliphatic rings. The molecule has 0 aliphatic heterocycles. The van der Waals surface area contributed by atoms with Crippen molar-refractivity contribution in [3.63, 3.8) is 0 Å². The van der Waals surface area contributed by atoms with Gasteiger partial charge in [-0.2, -0.15) is 0 Å². The summed E-state index contributed by atoms with van der Waals surface area (Å²) in [5, 5.41) is 65.5. The molecule has 4 aliphatic carbocycles. The van der Waals surface area contributed by atoms with Gasteiger partial charge in [0.2, 0.25) is 0 Å². The molecule has 4 rings (SSSR count). The zero-order valence-electron chi connectivity index (χ0n) is 21.3. The summed E-state index contributed by atoms with van der Waals surface area (Å²) in [5.41, 5.74) is -4.27. The summed E-state index contributed by atoms with van der Waals surface area (Å²) in [6.45, 7) is 8.96.